The predicted octanol–water partition coefficient (Wildman–Crippen LogP) is 15.9. The first-order valence-corrected chi connectivity index (χ1v) is 23.0. The minimum atomic E-state index is 0.310. The van der Waals surface area contributed by atoms with E-state index >= 15 is 0 Å². The van der Waals surface area contributed by atoms with E-state index in [9.17, 15) is 0 Å². The molecule has 4 bridgehead atoms. The summed E-state index contributed by atoms with van der Waals surface area (Å²) in [6.45, 7) is 0. The average Bonchev–Trinajstić information content (AvgIpc) is 3.87. The van der Waals surface area contributed by atoms with E-state index < -0.39 is 0 Å². The van der Waals surface area contributed by atoms with Crippen molar-refractivity contribution in [2.45, 2.75) is 11.8 Å². The molecule has 3 aromatic heterocycles. The van der Waals surface area contributed by atoms with Crippen LogP contribution in [0.4, 0.5) is 0 Å². The Bertz CT molecular complexity index is 4010. The lowest BCUT2D eigenvalue weighted by Crippen LogP contribution is -1.98. The molecule has 0 radical (unpaired) electrons. The van der Waals surface area contributed by atoms with Gasteiger partial charge in [-0.3, -0.25) is 0 Å². The molecule has 2 unspecified atom stereocenters. The van der Waals surface area contributed by atoms with Gasteiger partial charge in [-0.1, -0.05) is 133 Å². The maximum atomic E-state index is 2.57. The lowest BCUT2D eigenvalue weighted by Gasteiger charge is -2.14. The van der Waals surface area contributed by atoms with Crippen LogP contribution in [0, 0.1) is 11.8 Å². The standard InChI is InChI=1S/C62H41N3/c1-3-12-38(13-4-1)40-14-11-17-44(32-40)64-57-21-10-7-18-46(57)51-33-41(24-29-58(51)64)42-25-30-59-52(34-42)54-36-50-39-22-27-48-49(28-23-39)62(48)55(50)37-61(54)65(59)45-26-31-60-53(35-45)47-19-8-9-20-56(47)63(60)43-15-5-2-6-16-43/h1-37,39,48-49,62H. The van der Waals surface area contributed by atoms with E-state index in [1.807, 2.05) is 0 Å². The maximum Gasteiger partial charge on any atom is 0.0544 e. The van der Waals surface area contributed by atoms with E-state index in [-0.39, 0.29) is 0 Å². The third kappa shape index (κ3) is 5.07. The number of nitrogens with zero attached hydrogens (tertiary/aromatic N) is 3. The monoisotopic (exact) mass is 827 g/mol. The minimum absolute atomic E-state index is 0.310. The summed E-state index contributed by atoms with van der Waals surface area (Å²) in [5.41, 5.74) is 18.8. The Labute approximate surface area is 376 Å². The fourth-order valence-corrected chi connectivity index (χ4v) is 12.0. The number of hydrogen-bond acceptors (Lipinski definition) is 0. The van der Waals surface area contributed by atoms with Crippen LogP contribution in [-0.4, -0.2) is 13.7 Å². The largest absolute Gasteiger partial charge is 0.309 e. The predicted molar refractivity (Wildman–Crippen MR) is 271 cm³/mol. The van der Waals surface area contributed by atoms with Crippen molar-refractivity contribution in [2.75, 3.05) is 0 Å². The Kier molecular flexibility index (Phi) is 7.18. The van der Waals surface area contributed by atoms with Crippen molar-refractivity contribution < 1.29 is 0 Å². The van der Waals surface area contributed by atoms with E-state index in [2.05, 4.69) is 238 Å². The van der Waals surface area contributed by atoms with E-state index in [0.29, 0.717) is 23.7 Å². The van der Waals surface area contributed by atoms with Gasteiger partial charge in [-0.25, -0.2) is 0 Å². The van der Waals surface area contributed by atoms with Gasteiger partial charge in [-0.15, -0.1) is 0 Å². The molecule has 2 atom stereocenters. The summed E-state index contributed by atoms with van der Waals surface area (Å²) < 4.78 is 7.39. The molecule has 65 heavy (non-hydrogen) atoms. The molecule has 3 heteroatoms. The van der Waals surface area contributed by atoms with Crippen LogP contribution < -0.4 is 0 Å². The SMILES string of the molecule is C1=CC2C3C=CC1c1cc4c5cc(-c6ccc7c(c6)c6ccccc6n7-c6cccc(-c7ccccc7)c6)ccc5n(-c5ccc6c(c5)c5ccccc5n6-c5ccccc5)c4cc1C23. The third-order valence-corrected chi connectivity index (χ3v) is 15.0. The summed E-state index contributed by atoms with van der Waals surface area (Å²) in [5.74, 6) is 2.07. The van der Waals surface area contributed by atoms with E-state index in [1.165, 1.54) is 110 Å². The zero-order valence-electron chi connectivity index (χ0n) is 35.5. The van der Waals surface area contributed by atoms with Crippen molar-refractivity contribution in [2.24, 2.45) is 11.8 Å². The number of fused-ring (bicyclic) bond motifs is 9. The van der Waals surface area contributed by atoms with Gasteiger partial charge in [0.25, 0.3) is 0 Å². The number of hydrogen-bond donors (Lipinski definition) is 0. The van der Waals surface area contributed by atoms with Crippen molar-refractivity contribution >= 4 is 65.4 Å². The smallest absolute Gasteiger partial charge is 0.0544 e. The lowest BCUT2D eigenvalue weighted by atomic mass is 9.91. The van der Waals surface area contributed by atoms with Gasteiger partial charge >= 0.3 is 0 Å². The van der Waals surface area contributed by atoms with Crippen LogP contribution in [0.25, 0.3) is 105 Å². The highest BCUT2D eigenvalue weighted by molar-refractivity contribution is 6.14. The first-order valence-electron chi connectivity index (χ1n) is 23.0. The molecule has 16 rings (SSSR count). The molecule has 0 N–H and O–H groups in total. The molecule has 0 aliphatic heterocycles. The Morgan fingerprint density at radius 1 is 0.262 bits per heavy atom. The molecule has 0 spiro atoms. The topological polar surface area (TPSA) is 14.8 Å². The summed E-state index contributed by atoms with van der Waals surface area (Å²) in [4.78, 5) is 0. The van der Waals surface area contributed by atoms with Crippen LogP contribution in [0.1, 0.15) is 23.0 Å². The molecule has 3 heterocycles. The Hall–Kier alpha value is -8.14. The first kappa shape index (κ1) is 35.3. The molecule has 4 aliphatic rings. The van der Waals surface area contributed by atoms with Crippen LogP contribution in [0.3, 0.4) is 0 Å². The summed E-state index contributed by atoms with van der Waals surface area (Å²) in [7, 11) is 0. The quantitative estimate of drug-likeness (QED) is 0.154. The van der Waals surface area contributed by atoms with E-state index in [0.717, 1.165) is 5.69 Å². The molecular weight excluding hydrogens is 787 g/mol. The van der Waals surface area contributed by atoms with Crippen LogP contribution in [-0.2, 0) is 0 Å². The van der Waals surface area contributed by atoms with Crippen LogP contribution in [0.2, 0.25) is 0 Å². The normalized spacial score (nSPS) is 18.3. The van der Waals surface area contributed by atoms with Gasteiger partial charge in [0.2, 0.25) is 0 Å². The summed E-state index contributed by atoms with van der Waals surface area (Å²) in [5, 5.41) is 7.64. The van der Waals surface area contributed by atoms with Crippen molar-refractivity contribution in [1.82, 2.24) is 13.7 Å². The second-order valence-corrected chi connectivity index (χ2v) is 18.4. The van der Waals surface area contributed by atoms with Gasteiger partial charge in [0.1, 0.15) is 0 Å². The Morgan fingerprint density at radius 3 is 1.43 bits per heavy atom. The number of allylic oxidation sites excluding steroid dienone is 4. The number of benzene rings is 9. The van der Waals surface area contributed by atoms with E-state index in [4.69, 9.17) is 0 Å². The molecule has 12 aromatic rings. The van der Waals surface area contributed by atoms with Crippen LogP contribution in [0.15, 0.2) is 224 Å². The molecular formula is C62H41N3. The van der Waals surface area contributed by atoms with Crippen LogP contribution in [0.5, 0.6) is 0 Å². The van der Waals surface area contributed by atoms with Gasteiger partial charge in [-0.05, 0) is 142 Å². The average molecular weight is 828 g/mol. The zero-order chi connectivity index (χ0) is 42.3. The van der Waals surface area contributed by atoms with Gasteiger partial charge in [-0.2, -0.15) is 0 Å². The molecule has 304 valence electrons. The maximum absolute atomic E-state index is 2.57. The second-order valence-electron chi connectivity index (χ2n) is 18.4. The van der Waals surface area contributed by atoms with E-state index in [1.54, 1.807) is 0 Å². The van der Waals surface area contributed by atoms with Crippen molar-refractivity contribution in [3.05, 3.63) is 236 Å². The number of aromatic nitrogens is 3. The second kappa shape index (κ2) is 13.2. The van der Waals surface area contributed by atoms with Gasteiger partial charge in [0.05, 0.1) is 33.1 Å². The highest BCUT2D eigenvalue weighted by Crippen LogP contribution is 2.62. The Morgan fingerprint density at radius 2 is 0.738 bits per heavy atom. The summed E-state index contributed by atoms with van der Waals surface area (Å²) >= 11 is 0. The van der Waals surface area contributed by atoms with Gasteiger partial charge in [0.15, 0.2) is 0 Å². The Balaban J connectivity index is 0.936. The van der Waals surface area contributed by atoms with Gasteiger partial charge in [0, 0.05) is 55.3 Å². The van der Waals surface area contributed by atoms with Crippen molar-refractivity contribution in [1.29, 1.82) is 0 Å². The summed E-state index contributed by atoms with van der Waals surface area (Å²) in [6, 6.07) is 74.6. The fraction of sp³-hybridized carbons (Fsp3) is 0.0645. The highest BCUT2D eigenvalue weighted by atomic mass is 15.0. The fourth-order valence-electron chi connectivity index (χ4n) is 12.0. The lowest BCUT2D eigenvalue weighted by molar-refractivity contribution is 1.00. The zero-order valence-corrected chi connectivity index (χ0v) is 35.5. The number of rotatable bonds is 5. The molecule has 0 amide bonds. The summed E-state index contributed by atoms with van der Waals surface area (Å²) in [6.07, 6.45) is 9.92. The minimum Gasteiger partial charge on any atom is -0.309 e. The molecule has 9 aromatic carbocycles. The third-order valence-electron chi connectivity index (χ3n) is 15.0. The van der Waals surface area contributed by atoms with Crippen LogP contribution >= 0.6 is 0 Å². The molecule has 1 fully saturated rings. The highest BCUT2D eigenvalue weighted by Gasteiger charge is 2.51. The van der Waals surface area contributed by atoms with Gasteiger partial charge < -0.3 is 13.7 Å². The number of para-hydroxylation sites is 3. The molecule has 1 saturated carbocycles. The van der Waals surface area contributed by atoms with Crippen molar-refractivity contribution in [3.8, 4) is 39.3 Å². The molecule has 0 saturated heterocycles. The van der Waals surface area contributed by atoms with Crippen molar-refractivity contribution in [3.63, 3.8) is 0 Å². The molecule has 4 aliphatic carbocycles. The first-order chi connectivity index (χ1) is 32.2. The molecule has 3 nitrogen and oxygen atoms in total.